The van der Waals surface area contributed by atoms with Crippen LogP contribution in [0.25, 0.3) is 0 Å². The highest BCUT2D eigenvalue weighted by atomic mass is 127. The molecule has 0 radical (unpaired) electrons. The Morgan fingerprint density at radius 2 is 1.95 bits per heavy atom. The number of nitrogen functional groups attached to an aromatic ring is 1. The van der Waals surface area contributed by atoms with Crippen LogP contribution in [0.4, 0.5) is 17.1 Å². The van der Waals surface area contributed by atoms with Crippen molar-refractivity contribution >= 4 is 45.6 Å². The number of benzene rings is 2. The summed E-state index contributed by atoms with van der Waals surface area (Å²) < 4.78 is 6.25. The normalized spacial score (nSPS) is 10.2. The van der Waals surface area contributed by atoms with Crippen LogP contribution in [-0.2, 0) is 4.74 Å². The largest absolute Gasteiger partial charge is 0.462 e. The van der Waals surface area contributed by atoms with Crippen LogP contribution in [0.5, 0.6) is 0 Å². The van der Waals surface area contributed by atoms with Crippen molar-refractivity contribution in [2.24, 2.45) is 0 Å². The lowest BCUT2D eigenvalue weighted by molar-refractivity contribution is 0.0505. The molecule has 21 heavy (non-hydrogen) atoms. The maximum atomic E-state index is 11.8. The van der Waals surface area contributed by atoms with Crippen LogP contribution in [0, 0.1) is 3.57 Å². The topological polar surface area (TPSA) is 64.3 Å². The second-order valence-electron chi connectivity index (χ2n) is 4.57. The summed E-state index contributed by atoms with van der Waals surface area (Å²) in [6.45, 7) is 2.37. The van der Waals surface area contributed by atoms with E-state index in [0.29, 0.717) is 17.9 Å². The lowest BCUT2D eigenvalue weighted by Gasteiger charge is -2.11. The summed E-state index contributed by atoms with van der Waals surface area (Å²) in [6, 6.07) is 13.1. The number of esters is 1. The zero-order valence-corrected chi connectivity index (χ0v) is 13.9. The molecule has 0 aliphatic carbocycles. The summed E-state index contributed by atoms with van der Waals surface area (Å²) in [7, 11) is 0. The first-order valence-corrected chi connectivity index (χ1v) is 7.77. The van der Waals surface area contributed by atoms with Gasteiger partial charge in [0.1, 0.15) is 0 Å². The van der Waals surface area contributed by atoms with E-state index in [9.17, 15) is 4.79 Å². The summed E-state index contributed by atoms with van der Waals surface area (Å²) in [5.74, 6) is -0.343. The number of nitrogens with two attached hydrogens (primary N) is 1. The van der Waals surface area contributed by atoms with Gasteiger partial charge in [-0.15, -0.1) is 0 Å². The number of rotatable bonds is 5. The van der Waals surface area contributed by atoms with Gasteiger partial charge in [-0.2, -0.15) is 0 Å². The number of halogens is 1. The molecule has 0 fully saturated rings. The number of hydrogen-bond acceptors (Lipinski definition) is 4. The third kappa shape index (κ3) is 4.35. The number of ether oxygens (including phenoxy) is 1. The molecular weight excluding hydrogens is 379 g/mol. The van der Waals surface area contributed by atoms with Crippen molar-refractivity contribution in [2.75, 3.05) is 17.7 Å². The van der Waals surface area contributed by atoms with Crippen LogP contribution in [0.15, 0.2) is 42.5 Å². The van der Waals surface area contributed by atoms with Gasteiger partial charge < -0.3 is 15.8 Å². The fourth-order valence-electron chi connectivity index (χ4n) is 1.77. The van der Waals surface area contributed by atoms with Gasteiger partial charge >= 0.3 is 5.97 Å². The minimum atomic E-state index is -0.343. The van der Waals surface area contributed by atoms with Gasteiger partial charge in [0.25, 0.3) is 0 Å². The molecule has 2 rings (SSSR count). The highest BCUT2D eigenvalue weighted by Gasteiger charge is 2.09. The Morgan fingerprint density at radius 1 is 1.24 bits per heavy atom. The highest BCUT2D eigenvalue weighted by Crippen LogP contribution is 2.25. The van der Waals surface area contributed by atoms with Gasteiger partial charge in [-0.05, 0) is 71.5 Å². The average molecular weight is 396 g/mol. The fourth-order valence-corrected chi connectivity index (χ4v) is 2.13. The van der Waals surface area contributed by atoms with E-state index in [1.807, 2.05) is 31.2 Å². The lowest BCUT2D eigenvalue weighted by atomic mass is 10.1. The zero-order valence-electron chi connectivity index (χ0n) is 11.7. The number of anilines is 3. The molecule has 0 spiro atoms. The molecule has 0 aliphatic heterocycles. The summed E-state index contributed by atoms with van der Waals surface area (Å²) in [4.78, 5) is 11.8. The van der Waals surface area contributed by atoms with Gasteiger partial charge in [0.05, 0.1) is 23.5 Å². The molecule has 0 saturated carbocycles. The first-order valence-electron chi connectivity index (χ1n) is 6.69. The molecule has 3 N–H and O–H groups in total. The molecule has 0 amide bonds. The number of hydrogen-bond donors (Lipinski definition) is 2. The van der Waals surface area contributed by atoms with Crippen molar-refractivity contribution in [1.29, 1.82) is 0 Å². The van der Waals surface area contributed by atoms with E-state index in [-0.39, 0.29) is 5.97 Å². The van der Waals surface area contributed by atoms with Crippen LogP contribution in [-0.4, -0.2) is 12.6 Å². The van der Waals surface area contributed by atoms with Gasteiger partial charge in [0, 0.05) is 9.26 Å². The minimum absolute atomic E-state index is 0.343. The zero-order chi connectivity index (χ0) is 15.2. The Kier molecular flexibility index (Phi) is 5.44. The van der Waals surface area contributed by atoms with Crippen LogP contribution in [0.1, 0.15) is 23.7 Å². The predicted octanol–water partition coefficient (Wildman–Crippen LogP) is 4.18. The Bertz CT molecular complexity index is 627. The summed E-state index contributed by atoms with van der Waals surface area (Å²) >= 11 is 2.25. The monoisotopic (exact) mass is 396 g/mol. The summed E-state index contributed by atoms with van der Waals surface area (Å²) in [6.07, 6.45) is 0.799. The van der Waals surface area contributed by atoms with Crippen LogP contribution in [0.3, 0.4) is 0 Å². The Balaban J connectivity index is 2.12. The molecule has 2 aromatic carbocycles. The average Bonchev–Trinajstić information content (AvgIpc) is 2.49. The smallest absolute Gasteiger partial charge is 0.338 e. The van der Waals surface area contributed by atoms with E-state index in [1.165, 1.54) is 3.57 Å². The molecule has 0 aliphatic rings. The molecular formula is C16H17IN2O2. The predicted molar refractivity (Wildman–Crippen MR) is 93.9 cm³/mol. The third-order valence-electron chi connectivity index (χ3n) is 2.85. The Morgan fingerprint density at radius 3 is 2.57 bits per heavy atom. The van der Waals surface area contributed by atoms with Crippen molar-refractivity contribution in [3.63, 3.8) is 0 Å². The summed E-state index contributed by atoms with van der Waals surface area (Å²) in [5.41, 5.74) is 8.69. The van der Waals surface area contributed by atoms with E-state index in [0.717, 1.165) is 17.8 Å². The highest BCUT2D eigenvalue weighted by molar-refractivity contribution is 14.1. The summed E-state index contributed by atoms with van der Waals surface area (Å²) in [5, 5.41) is 3.23. The standard InChI is InChI=1S/C16H17IN2O2/c1-2-9-21-16(20)11-3-8-15(14(18)10-11)19-13-6-4-12(17)5-7-13/h3-8,10,19H,2,9,18H2,1H3. The van der Waals surface area contributed by atoms with Gasteiger partial charge in [0.15, 0.2) is 0 Å². The number of carbonyl (C=O) groups excluding carboxylic acids is 1. The SMILES string of the molecule is CCCOC(=O)c1ccc(Nc2ccc(I)cc2)c(N)c1. The van der Waals surface area contributed by atoms with Crippen LogP contribution >= 0.6 is 22.6 Å². The maximum absolute atomic E-state index is 11.8. The van der Waals surface area contributed by atoms with Crippen molar-refractivity contribution in [2.45, 2.75) is 13.3 Å². The molecule has 0 heterocycles. The number of carbonyl (C=O) groups is 1. The van der Waals surface area contributed by atoms with E-state index < -0.39 is 0 Å². The third-order valence-corrected chi connectivity index (χ3v) is 3.57. The molecule has 4 nitrogen and oxygen atoms in total. The van der Waals surface area contributed by atoms with E-state index in [4.69, 9.17) is 10.5 Å². The Hall–Kier alpha value is -1.76. The molecule has 110 valence electrons. The first-order chi connectivity index (χ1) is 10.1. The lowest BCUT2D eigenvalue weighted by Crippen LogP contribution is -2.07. The van der Waals surface area contributed by atoms with E-state index >= 15 is 0 Å². The van der Waals surface area contributed by atoms with Crippen molar-refractivity contribution in [3.8, 4) is 0 Å². The molecule has 0 bridgehead atoms. The van der Waals surface area contributed by atoms with Gasteiger partial charge in [-0.1, -0.05) is 6.92 Å². The van der Waals surface area contributed by atoms with Crippen molar-refractivity contribution < 1.29 is 9.53 Å². The molecule has 2 aromatic rings. The van der Waals surface area contributed by atoms with Crippen LogP contribution < -0.4 is 11.1 Å². The van der Waals surface area contributed by atoms with Crippen molar-refractivity contribution in [1.82, 2.24) is 0 Å². The Labute approximate surface area is 137 Å². The quantitative estimate of drug-likeness (QED) is 0.452. The maximum Gasteiger partial charge on any atom is 0.338 e. The molecule has 0 saturated heterocycles. The first kappa shape index (κ1) is 15.6. The van der Waals surface area contributed by atoms with E-state index in [1.54, 1.807) is 18.2 Å². The van der Waals surface area contributed by atoms with Gasteiger partial charge in [-0.3, -0.25) is 0 Å². The molecule has 0 unspecified atom stereocenters. The molecule has 5 heteroatoms. The van der Waals surface area contributed by atoms with Gasteiger partial charge in [-0.25, -0.2) is 4.79 Å². The second kappa shape index (κ2) is 7.31. The minimum Gasteiger partial charge on any atom is -0.462 e. The fraction of sp³-hybridized carbons (Fsp3) is 0.188. The molecule has 0 aromatic heterocycles. The van der Waals surface area contributed by atoms with Crippen molar-refractivity contribution in [3.05, 3.63) is 51.6 Å². The van der Waals surface area contributed by atoms with Crippen LogP contribution in [0.2, 0.25) is 0 Å². The number of nitrogens with one attached hydrogen (secondary N) is 1. The van der Waals surface area contributed by atoms with Gasteiger partial charge in [0.2, 0.25) is 0 Å². The molecule has 0 atom stereocenters. The second-order valence-corrected chi connectivity index (χ2v) is 5.82. The van der Waals surface area contributed by atoms with E-state index in [2.05, 4.69) is 27.9 Å².